The third-order valence-electron chi connectivity index (χ3n) is 3.00. The van der Waals surface area contributed by atoms with Gasteiger partial charge in [0.25, 0.3) is 0 Å². The van der Waals surface area contributed by atoms with Crippen LogP contribution in [0, 0.1) is 0 Å². The summed E-state index contributed by atoms with van der Waals surface area (Å²) < 4.78 is 12.4. The number of anilines is 1. The number of rotatable bonds is 2. The molecule has 0 radical (unpaired) electrons. The molecule has 0 bridgehead atoms. The van der Waals surface area contributed by atoms with Gasteiger partial charge in [-0.2, -0.15) is 0 Å². The average Bonchev–Trinajstić information content (AvgIpc) is 2.94. The van der Waals surface area contributed by atoms with Gasteiger partial charge in [-0.1, -0.05) is 11.2 Å². The molecule has 0 spiro atoms. The summed E-state index contributed by atoms with van der Waals surface area (Å²) in [5.41, 5.74) is 8.31. The smallest absolute Gasteiger partial charge is 0.222 e. The maximum atomic E-state index is 5.57. The number of fused-ring (bicyclic) bond motifs is 1. The molecule has 0 saturated carbocycles. The van der Waals surface area contributed by atoms with Crippen LogP contribution >= 0.6 is 0 Å². The standard InChI is InChI=1S/C13H13N3O2/c1-16-7-8(9-6-12(14)18-15-9)13-10(16)4-3-5-11(13)17-2/h3-7H,14H2,1-2H3. The predicted octanol–water partition coefficient (Wildman–Crippen LogP) is 2.42. The Morgan fingerprint density at radius 1 is 1.39 bits per heavy atom. The molecule has 18 heavy (non-hydrogen) atoms. The lowest BCUT2D eigenvalue weighted by Crippen LogP contribution is -1.86. The molecule has 3 aromatic rings. The molecule has 2 aromatic heterocycles. The van der Waals surface area contributed by atoms with Crippen LogP contribution in [-0.2, 0) is 7.05 Å². The van der Waals surface area contributed by atoms with E-state index in [2.05, 4.69) is 5.16 Å². The van der Waals surface area contributed by atoms with E-state index in [1.54, 1.807) is 13.2 Å². The Balaban J connectivity index is 2.35. The van der Waals surface area contributed by atoms with Crippen molar-refractivity contribution >= 4 is 16.8 Å². The second-order valence-corrected chi connectivity index (χ2v) is 4.12. The number of nitrogens with zero attached hydrogens (tertiary/aromatic N) is 2. The van der Waals surface area contributed by atoms with Gasteiger partial charge in [-0.3, -0.25) is 0 Å². The summed E-state index contributed by atoms with van der Waals surface area (Å²) in [6.07, 6.45) is 1.99. The number of nitrogens with two attached hydrogens (primary N) is 1. The quantitative estimate of drug-likeness (QED) is 0.750. The Bertz CT molecular complexity index is 712. The van der Waals surface area contributed by atoms with Crippen LogP contribution in [-0.4, -0.2) is 16.8 Å². The Kier molecular flexibility index (Phi) is 2.26. The Labute approximate surface area is 104 Å². The van der Waals surface area contributed by atoms with Crippen molar-refractivity contribution in [3.05, 3.63) is 30.5 Å². The number of aryl methyl sites for hydroxylation is 1. The van der Waals surface area contributed by atoms with E-state index in [1.807, 2.05) is 36.0 Å². The molecule has 5 nitrogen and oxygen atoms in total. The summed E-state index contributed by atoms with van der Waals surface area (Å²) in [5.74, 6) is 1.11. The number of hydrogen-bond donors (Lipinski definition) is 1. The third-order valence-corrected chi connectivity index (χ3v) is 3.00. The van der Waals surface area contributed by atoms with Crippen molar-refractivity contribution in [1.82, 2.24) is 9.72 Å². The van der Waals surface area contributed by atoms with Crippen LogP contribution in [0.2, 0.25) is 0 Å². The molecule has 2 heterocycles. The highest BCUT2D eigenvalue weighted by molar-refractivity contribution is 5.99. The van der Waals surface area contributed by atoms with Crippen molar-refractivity contribution in [2.75, 3.05) is 12.8 Å². The number of aromatic nitrogens is 2. The molecule has 0 atom stereocenters. The summed E-state index contributed by atoms with van der Waals surface area (Å²) in [4.78, 5) is 0. The first-order chi connectivity index (χ1) is 8.70. The van der Waals surface area contributed by atoms with E-state index in [1.165, 1.54) is 0 Å². The van der Waals surface area contributed by atoms with Gasteiger partial charge in [-0.15, -0.1) is 0 Å². The van der Waals surface area contributed by atoms with E-state index in [9.17, 15) is 0 Å². The van der Waals surface area contributed by atoms with Gasteiger partial charge in [0.05, 0.1) is 18.0 Å². The highest BCUT2D eigenvalue weighted by Crippen LogP contribution is 2.36. The van der Waals surface area contributed by atoms with Gasteiger partial charge in [0.2, 0.25) is 5.88 Å². The Morgan fingerprint density at radius 2 is 2.22 bits per heavy atom. The second kappa shape index (κ2) is 3.80. The average molecular weight is 243 g/mol. The number of benzene rings is 1. The van der Waals surface area contributed by atoms with Crippen molar-refractivity contribution in [3.8, 4) is 17.0 Å². The second-order valence-electron chi connectivity index (χ2n) is 4.12. The number of nitrogen functional groups attached to an aromatic ring is 1. The van der Waals surface area contributed by atoms with Crippen LogP contribution < -0.4 is 10.5 Å². The molecule has 1 aromatic carbocycles. The number of hydrogen-bond acceptors (Lipinski definition) is 4. The maximum absolute atomic E-state index is 5.57. The highest BCUT2D eigenvalue weighted by Gasteiger charge is 2.15. The summed E-state index contributed by atoms with van der Waals surface area (Å²) in [5, 5.41) is 4.97. The van der Waals surface area contributed by atoms with E-state index >= 15 is 0 Å². The van der Waals surface area contributed by atoms with Crippen LogP contribution in [0.1, 0.15) is 0 Å². The normalized spacial score (nSPS) is 11.0. The minimum Gasteiger partial charge on any atom is -0.496 e. The van der Waals surface area contributed by atoms with E-state index in [0.717, 1.165) is 22.2 Å². The lowest BCUT2D eigenvalue weighted by atomic mass is 10.1. The molecular formula is C13H13N3O2. The van der Waals surface area contributed by atoms with Crippen LogP contribution in [0.4, 0.5) is 5.88 Å². The largest absolute Gasteiger partial charge is 0.496 e. The third kappa shape index (κ3) is 1.44. The monoisotopic (exact) mass is 243 g/mol. The fourth-order valence-electron chi connectivity index (χ4n) is 2.19. The topological polar surface area (TPSA) is 66.2 Å². The zero-order valence-corrected chi connectivity index (χ0v) is 10.2. The van der Waals surface area contributed by atoms with Gasteiger partial charge >= 0.3 is 0 Å². The predicted molar refractivity (Wildman–Crippen MR) is 69.4 cm³/mol. The molecule has 0 aliphatic heterocycles. The number of ether oxygens (including phenoxy) is 1. The van der Waals surface area contributed by atoms with Crippen molar-refractivity contribution in [3.63, 3.8) is 0 Å². The summed E-state index contributed by atoms with van der Waals surface area (Å²) >= 11 is 0. The SMILES string of the molecule is COc1cccc2c1c(-c1cc(N)on1)cn2C. The maximum Gasteiger partial charge on any atom is 0.222 e. The van der Waals surface area contributed by atoms with E-state index in [-0.39, 0.29) is 0 Å². The van der Waals surface area contributed by atoms with Crippen LogP contribution in [0.15, 0.2) is 35.0 Å². The molecule has 92 valence electrons. The molecule has 5 heteroatoms. The van der Waals surface area contributed by atoms with Crippen LogP contribution in [0.25, 0.3) is 22.2 Å². The highest BCUT2D eigenvalue weighted by atomic mass is 16.5. The lowest BCUT2D eigenvalue weighted by Gasteiger charge is -2.03. The Morgan fingerprint density at radius 3 is 2.89 bits per heavy atom. The molecule has 2 N–H and O–H groups in total. The molecule has 0 unspecified atom stereocenters. The zero-order chi connectivity index (χ0) is 12.7. The van der Waals surface area contributed by atoms with E-state index in [4.69, 9.17) is 15.0 Å². The van der Waals surface area contributed by atoms with Crippen molar-refractivity contribution in [2.45, 2.75) is 0 Å². The minimum absolute atomic E-state index is 0.303. The lowest BCUT2D eigenvalue weighted by molar-refractivity contribution is 0.420. The zero-order valence-electron chi connectivity index (χ0n) is 10.2. The summed E-state index contributed by atoms with van der Waals surface area (Å²) in [6.45, 7) is 0. The molecule has 0 amide bonds. The molecular weight excluding hydrogens is 230 g/mol. The molecule has 3 rings (SSSR count). The van der Waals surface area contributed by atoms with Gasteiger partial charge in [0.15, 0.2) is 0 Å². The van der Waals surface area contributed by atoms with Gasteiger partial charge in [0.1, 0.15) is 11.4 Å². The summed E-state index contributed by atoms with van der Waals surface area (Å²) in [6, 6.07) is 7.63. The fraction of sp³-hybridized carbons (Fsp3) is 0.154. The van der Waals surface area contributed by atoms with E-state index < -0.39 is 0 Å². The molecule has 0 aliphatic carbocycles. The Hall–Kier alpha value is -2.43. The van der Waals surface area contributed by atoms with Gasteiger partial charge in [-0.25, -0.2) is 0 Å². The van der Waals surface area contributed by atoms with Gasteiger partial charge in [0, 0.05) is 24.9 Å². The van der Waals surface area contributed by atoms with Gasteiger partial charge < -0.3 is 19.6 Å². The summed E-state index contributed by atoms with van der Waals surface area (Å²) in [7, 11) is 3.64. The first-order valence-electron chi connectivity index (χ1n) is 5.55. The molecule has 0 saturated heterocycles. The van der Waals surface area contributed by atoms with Crippen molar-refractivity contribution < 1.29 is 9.26 Å². The minimum atomic E-state index is 0.303. The van der Waals surface area contributed by atoms with Crippen LogP contribution in [0.3, 0.4) is 0 Å². The first-order valence-corrected chi connectivity index (χ1v) is 5.55. The number of methoxy groups -OCH3 is 1. The first kappa shape index (κ1) is 10.7. The van der Waals surface area contributed by atoms with E-state index in [0.29, 0.717) is 11.6 Å². The van der Waals surface area contributed by atoms with Crippen LogP contribution in [0.5, 0.6) is 5.75 Å². The molecule has 0 fully saturated rings. The fourth-order valence-corrected chi connectivity index (χ4v) is 2.19. The molecule has 0 aliphatic rings. The van der Waals surface area contributed by atoms with Crippen molar-refractivity contribution in [1.29, 1.82) is 0 Å². The van der Waals surface area contributed by atoms with Gasteiger partial charge in [-0.05, 0) is 12.1 Å². The van der Waals surface area contributed by atoms with Crippen molar-refractivity contribution in [2.24, 2.45) is 7.05 Å².